The van der Waals surface area contributed by atoms with E-state index >= 15 is 0 Å². The van der Waals surface area contributed by atoms with Gasteiger partial charge in [0.2, 0.25) is 5.91 Å². The topological polar surface area (TPSA) is 33.2 Å². The molecule has 26 heavy (non-hydrogen) atoms. The Morgan fingerprint density at radius 1 is 1.19 bits per heavy atom. The molecule has 0 aliphatic rings. The largest absolute Gasteiger partial charge is 0.274 e. The zero-order valence-corrected chi connectivity index (χ0v) is 18.0. The lowest BCUT2D eigenvalue weighted by Gasteiger charge is -2.21. The van der Waals surface area contributed by atoms with Crippen LogP contribution in [0, 0.1) is 13.8 Å². The van der Waals surface area contributed by atoms with Gasteiger partial charge in [-0.05, 0) is 55.3 Å². The van der Waals surface area contributed by atoms with Crippen LogP contribution in [0.15, 0.2) is 57.2 Å². The van der Waals surface area contributed by atoms with E-state index in [1.165, 1.54) is 16.2 Å². The molecule has 0 bridgehead atoms. The summed E-state index contributed by atoms with van der Waals surface area (Å²) in [6, 6.07) is 14.2. The van der Waals surface area contributed by atoms with Crippen LogP contribution < -0.4 is 4.90 Å². The van der Waals surface area contributed by atoms with Crippen LogP contribution in [0.3, 0.4) is 0 Å². The molecule has 0 N–H and O–H groups in total. The fourth-order valence-corrected chi connectivity index (χ4v) is 4.58. The molecule has 2 aromatic carbocycles. The van der Waals surface area contributed by atoms with Crippen molar-refractivity contribution in [3.63, 3.8) is 0 Å². The maximum Gasteiger partial charge on any atom is 0.230 e. The van der Waals surface area contributed by atoms with E-state index in [4.69, 9.17) is 4.98 Å². The highest BCUT2D eigenvalue weighted by Gasteiger charge is 2.20. The molecule has 0 aliphatic carbocycles. The average Bonchev–Trinajstić information content (AvgIpc) is 3.06. The normalized spacial score (nSPS) is 10.8. The molecule has 0 unspecified atom stereocenters. The molecule has 1 heterocycles. The number of nitrogens with zero attached hydrogens (tertiary/aromatic N) is 2. The maximum absolute atomic E-state index is 12.3. The lowest BCUT2D eigenvalue weighted by molar-refractivity contribution is -0.115. The van der Waals surface area contributed by atoms with Gasteiger partial charge in [-0.2, -0.15) is 0 Å². The summed E-state index contributed by atoms with van der Waals surface area (Å²) in [5.41, 5.74) is 4.15. The molecule has 0 radical (unpaired) electrons. The number of amides is 1. The lowest BCUT2D eigenvalue weighted by atomic mass is 10.1. The van der Waals surface area contributed by atoms with Crippen molar-refractivity contribution < 1.29 is 4.79 Å². The number of aromatic nitrogens is 1. The minimum Gasteiger partial charge on any atom is -0.274 e. The third-order valence-corrected chi connectivity index (χ3v) is 6.51. The highest BCUT2D eigenvalue weighted by molar-refractivity contribution is 9.10. The van der Waals surface area contributed by atoms with Gasteiger partial charge in [-0.15, -0.1) is 23.1 Å². The molecular weight excluding hydrogens is 428 g/mol. The summed E-state index contributed by atoms with van der Waals surface area (Å²) in [5, 5.41) is 2.75. The van der Waals surface area contributed by atoms with Crippen LogP contribution >= 0.6 is 39.0 Å². The zero-order valence-electron chi connectivity index (χ0n) is 14.8. The first-order valence-corrected chi connectivity index (χ1v) is 10.8. The van der Waals surface area contributed by atoms with Gasteiger partial charge in [0.1, 0.15) is 0 Å². The van der Waals surface area contributed by atoms with Gasteiger partial charge in [0.15, 0.2) is 5.13 Å². The summed E-state index contributed by atoms with van der Waals surface area (Å²) < 4.78 is 1.07. The summed E-state index contributed by atoms with van der Waals surface area (Å²) in [6.45, 7) is 5.68. The summed E-state index contributed by atoms with van der Waals surface area (Å²) in [4.78, 5) is 19.9. The minimum atomic E-state index is -0.0276. The Hall–Kier alpha value is -1.63. The van der Waals surface area contributed by atoms with Crippen LogP contribution in [-0.2, 0) is 10.5 Å². The van der Waals surface area contributed by atoms with Crippen LogP contribution in [0.25, 0.3) is 0 Å². The van der Waals surface area contributed by atoms with Gasteiger partial charge in [0.25, 0.3) is 0 Å². The van der Waals surface area contributed by atoms with Crippen LogP contribution in [0.5, 0.6) is 0 Å². The Balaban J connectivity index is 1.80. The van der Waals surface area contributed by atoms with E-state index in [9.17, 15) is 4.79 Å². The molecule has 3 rings (SSSR count). The standard InChI is InChI=1S/C20H19BrN2OS2/c1-13-5-4-6-19(14(13)2)23(15(3)24)20-22-17(12-26-20)11-25-18-9-7-16(21)8-10-18/h4-10,12H,11H2,1-3H3. The Morgan fingerprint density at radius 3 is 2.62 bits per heavy atom. The van der Waals surface area contributed by atoms with Gasteiger partial charge >= 0.3 is 0 Å². The van der Waals surface area contributed by atoms with Crippen molar-refractivity contribution in [3.8, 4) is 0 Å². The number of halogens is 1. The smallest absolute Gasteiger partial charge is 0.230 e. The molecule has 0 saturated heterocycles. The van der Waals surface area contributed by atoms with Crippen LogP contribution in [-0.4, -0.2) is 10.9 Å². The predicted octanol–water partition coefficient (Wildman–Crippen LogP) is 6.50. The molecule has 6 heteroatoms. The Morgan fingerprint density at radius 2 is 1.92 bits per heavy atom. The Kier molecular flexibility index (Phi) is 6.16. The van der Waals surface area contributed by atoms with Crippen LogP contribution in [0.1, 0.15) is 23.7 Å². The van der Waals surface area contributed by atoms with Crippen molar-refractivity contribution >= 4 is 55.8 Å². The predicted molar refractivity (Wildman–Crippen MR) is 115 cm³/mol. The van der Waals surface area contributed by atoms with Gasteiger partial charge in [-0.1, -0.05) is 28.1 Å². The molecule has 0 spiro atoms. The first-order chi connectivity index (χ1) is 12.5. The highest BCUT2D eigenvalue weighted by Crippen LogP contribution is 2.33. The van der Waals surface area contributed by atoms with Gasteiger partial charge in [0.05, 0.1) is 11.4 Å². The number of carbonyl (C=O) groups is 1. The Labute approximate surface area is 170 Å². The maximum atomic E-state index is 12.3. The van der Waals surface area contributed by atoms with Crippen molar-refractivity contribution in [2.45, 2.75) is 31.4 Å². The molecule has 0 saturated carbocycles. The van der Waals surface area contributed by atoms with Gasteiger partial charge in [-0.25, -0.2) is 4.98 Å². The molecule has 0 aliphatic heterocycles. The number of thiazole rings is 1. The first-order valence-electron chi connectivity index (χ1n) is 8.15. The third kappa shape index (κ3) is 4.37. The highest BCUT2D eigenvalue weighted by atomic mass is 79.9. The number of anilines is 2. The second-order valence-electron chi connectivity index (χ2n) is 5.94. The number of aryl methyl sites for hydroxylation is 1. The number of rotatable bonds is 5. The van der Waals surface area contributed by atoms with Crippen LogP contribution in [0.2, 0.25) is 0 Å². The number of benzene rings is 2. The molecule has 3 nitrogen and oxygen atoms in total. The first kappa shape index (κ1) is 19.1. The second kappa shape index (κ2) is 8.37. The summed E-state index contributed by atoms with van der Waals surface area (Å²) >= 11 is 6.69. The van der Waals surface area contributed by atoms with E-state index in [0.29, 0.717) is 0 Å². The van der Waals surface area contributed by atoms with Crippen molar-refractivity contribution in [2.75, 3.05) is 4.90 Å². The van der Waals surface area contributed by atoms with E-state index < -0.39 is 0 Å². The average molecular weight is 447 g/mol. The van der Waals surface area contributed by atoms with Gasteiger partial charge < -0.3 is 0 Å². The summed E-state index contributed by atoms with van der Waals surface area (Å²) in [6.07, 6.45) is 0. The molecule has 3 aromatic rings. The summed E-state index contributed by atoms with van der Waals surface area (Å²) in [5.74, 6) is 0.747. The second-order valence-corrected chi connectivity index (χ2v) is 8.74. The van der Waals surface area contributed by atoms with Gasteiger partial charge in [-0.3, -0.25) is 9.69 Å². The number of hydrogen-bond donors (Lipinski definition) is 0. The van der Waals surface area contributed by atoms with Gasteiger partial charge in [0, 0.05) is 27.4 Å². The zero-order chi connectivity index (χ0) is 18.7. The Bertz CT molecular complexity index is 922. The fourth-order valence-electron chi connectivity index (χ4n) is 2.54. The van der Waals surface area contributed by atoms with Crippen molar-refractivity contribution in [3.05, 3.63) is 69.1 Å². The third-order valence-electron chi connectivity index (χ3n) is 4.06. The molecule has 1 aromatic heterocycles. The molecule has 0 fully saturated rings. The minimum absolute atomic E-state index is 0.0276. The molecule has 0 atom stereocenters. The monoisotopic (exact) mass is 446 g/mol. The van der Waals surface area contributed by atoms with Crippen molar-refractivity contribution in [1.29, 1.82) is 0 Å². The van der Waals surface area contributed by atoms with E-state index in [-0.39, 0.29) is 5.91 Å². The van der Waals surface area contributed by atoms with E-state index in [0.717, 1.165) is 37.9 Å². The quantitative estimate of drug-likeness (QED) is 0.419. The van der Waals surface area contributed by atoms with E-state index in [1.54, 1.807) is 23.6 Å². The number of hydrogen-bond acceptors (Lipinski definition) is 4. The lowest BCUT2D eigenvalue weighted by Crippen LogP contribution is -2.23. The van der Waals surface area contributed by atoms with Crippen molar-refractivity contribution in [1.82, 2.24) is 4.98 Å². The van der Waals surface area contributed by atoms with E-state index in [2.05, 4.69) is 41.1 Å². The SMILES string of the molecule is CC(=O)N(c1nc(CSc2ccc(Br)cc2)cs1)c1cccc(C)c1C. The number of thioether (sulfide) groups is 1. The summed E-state index contributed by atoms with van der Waals surface area (Å²) in [7, 11) is 0. The molecular formula is C20H19BrN2OS2. The van der Waals surface area contributed by atoms with Crippen LogP contribution in [0.4, 0.5) is 10.8 Å². The fraction of sp³-hybridized carbons (Fsp3) is 0.200. The number of carbonyl (C=O) groups excluding carboxylic acids is 1. The van der Waals surface area contributed by atoms with Crippen molar-refractivity contribution in [2.24, 2.45) is 0 Å². The molecule has 1 amide bonds. The van der Waals surface area contributed by atoms with E-state index in [1.807, 2.05) is 36.6 Å². The molecule has 134 valence electrons.